The van der Waals surface area contributed by atoms with E-state index in [2.05, 4.69) is 5.32 Å². The Morgan fingerprint density at radius 1 is 1.05 bits per heavy atom. The van der Waals surface area contributed by atoms with Gasteiger partial charge in [-0.1, -0.05) is 41.4 Å². The van der Waals surface area contributed by atoms with Crippen LogP contribution in [0.4, 0.5) is 10.5 Å². The van der Waals surface area contributed by atoms with Crippen molar-refractivity contribution in [3.05, 3.63) is 93.5 Å². The van der Waals surface area contributed by atoms with Gasteiger partial charge in [-0.25, -0.2) is 22.9 Å². The van der Waals surface area contributed by atoms with E-state index in [1.807, 2.05) is 6.07 Å². The van der Waals surface area contributed by atoms with E-state index in [1.165, 1.54) is 48.5 Å². The largest absolute Gasteiger partial charge is 0.478 e. The highest BCUT2D eigenvalue weighted by Gasteiger charge is 2.62. The number of carbonyl (C=O) groups excluding carboxylic acids is 2. The summed E-state index contributed by atoms with van der Waals surface area (Å²) in [6, 6.07) is 16.6. The Bertz CT molecular complexity index is 1670. The molecule has 2 aliphatic heterocycles. The van der Waals surface area contributed by atoms with Gasteiger partial charge in [-0.3, -0.25) is 4.79 Å². The number of hydrogen-bond acceptors (Lipinski definition) is 6. The molecule has 1 spiro atoms. The summed E-state index contributed by atoms with van der Waals surface area (Å²) in [7, 11) is -4.29. The number of imide groups is 1. The molecule has 0 bridgehead atoms. The predicted molar refractivity (Wildman–Crippen MR) is 141 cm³/mol. The number of halogens is 2. The zero-order valence-electron chi connectivity index (χ0n) is 19.8. The minimum absolute atomic E-state index is 0.112. The fourth-order valence-electron chi connectivity index (χ4n) is 4.95. The lowest BCUT2D eigenvalue weighted by Gasteiger charge is -2.28. The van der Waals surface area contributed by atoms with Gasteiger partial charge in [0.15, 0.2) is 0 Å². The van der Waals surface area contributed by atoms with Crippen molar-refractivity contribution in [2.45, 2.75) is 16.4 Å². The molecular weight excluding hydrogens is 567 g/mol. The summed E-state index contributed by atoms with van der Waals surface area (Å²) in [5, 5.41) is 21.6. The lowest BCUT2D eigenvalue weighted by molar-refractivity contribution is -0.122. The first-order valence-corrected chi connectivity index (χ1v) is 13.6. The van der Waals surface area contributed by atoms with Crippen LogP contribution in [0.25, 0.3) is 0 Å². The van der Waals surface area contributed by atoms with Gasteiger partial charge in [-0.15, -0.1) is 0 Å². The molecule has 0 saturated carbocycles. The number of aromatic carboxylic acids is 1. The Hall–Kier alpha value is -3.95. The molecule has 39 heavy (non-hydrogen) atoms. The third-order valence-corrected chi connectivity index (χ3v) is 9.04. The molecule has 2 N–H and O–H groups in total. The Labute approximate surface area is 233 Å². The molecule has 13 heteroatoms. The number of carboxylic acids is 1. The molecule has 2 aliphatic rings. The second kappa shape index (κ2) is 9.66. The van der Waals surface area contributed by atoms with Crippen LogP contribution >= 0.6 is 23.2 Å². The molecule has 5 rings (SSSR count). The number of carboxylic acid groups (broad SMARTS) is 1. The number of rotatable bonds is 5. The predicted octanol–water partition coefficient (Wildman–Crippen LogP) is 3.85. The Morgan fingerprint density at radius 2 is 1.72 bits per heavy atom. The van der Waals surface area contributed by atoms with Gasteiger partial charge in [0.25, 0.3) is 5.91 Å². The van der Waals surface area contributed by atoms with Crippen molar-refractivity contribution in [2.75, 3.05) is 18.0 Å². The van der Waals surface area contributed by atoms with Gasteiger partial charge in [0.2, 0.25) is 10.0 Å². The highest BCUT2D eigenvalue weighted by Crippen LogP contribution is 2.44. The molecule has 0 unspecified atom stereocenters. The molecule has 2 heterocycles. The quantitative estimate of drug-likeness (QED) is 0.433. The number of nitrogens with one attached hydrogen (secondary N) is 1. The molecule has 2 atom stereocenters. The number of benzene rings is 3. The van der Waals surface area contributed by atoms with Crippen molar-refractivity contribution >= 4 is 56.8 Å². The molecule has 0 radical (unpaired) electrons. The third-order valence-electron chi connectivity index (χ3n) is 6.79. The van der Waals surface area contributed by atoms with Gasteiger partial charge in [0, 0.05) is 29.1 Å². The second-order valence-corrected chi connectivity index (χ2v) is 11.9. The normalized spacial score (nSPS) is 21.3. The zero-order valence-corrected chi connectivity index (χ0v) is 22.2. The topological polar surface area (TPSA) is 148 Å². The molecule has 2 fully saturated rings. The van der Waals surface area contributed by atoms with E-state index < -0.39 is 45.9 Å². The molecule has 10 nitrogen and oxygen atoms in total. The summed E-state index contributed by atoms with van der Waals surface area (Å²) in [5.74, 6) is -2.86. The molecule has 2 saturated heterocycles. The van der Waals surface area contributed by atoms with Crippen molar-refractivity contribution in [2.24, 2.45) is 0 Å². The first-order valence-electron chi connectivity index (χ1n) is 11.4. The molecule has 0 aromatic heterocycles. The Morgan fingerprint density at radius 3 is 2.33 bits per heavy atom. The fraction of sp³-hybridized carbons (Fsp3) is 0.154. The summed E-state index contributed by atoms with van der Waals surface area (Å²) in [4.78, 5) is 39.3. The number of anilines is 1. The minimum atomic E-state index is -4.29. The fourth-order valence-corrected chi connectivity index (χ4v) is 7.01. The van der Waals surface area contributed by atoms with Crippen LogP contribution in [0.3, 0.4) is 0 Å². The van der Waals surface area contributed by atoms with Crippen molar-refractivity contribution in [3.63, 3.8) is 0 Å². The number of nitriles is 1. The maximum absolute atomic E-state index is 14.0. The lowest BCUT2D eigenvalue weighted by atomic mass is 9.81. The Kier molecular flexibility index (Phi) is 6.60. The van der Waals surface area contributed by atoms with Gasteiger partial charge in [-0.05, 0) is 54.1 Å². The number of hydrogen-bond donors (Lipinski definition) is 2. The van der Waals surface area contributed by atoms with Crippen molar-refractivity contribution in [1.82, 2.24) is 9.62 Å². The first kappa shape index (κ1) is 26.6. The summed E-state index contributed by atoms with van der Waals surface area (Å²) < 4.78 is 28.4. The molecule has 198 valence electrons. The third kappa shape index (κ3) is 4.51. The average molecular weight is 585 g/mol. The van der Waals surface area contributed by atoms with Crippen LogP contribution in [0.1, 0.15) is 27.4 Å². The monoisotopic (exact) mass is 584 g/mol. The number of nitrogens with zero attached hydrogens (tertiary/aromatic N) is 3. The lowest BCUT2D eigenvalue weighted by Crippen LogP contribution is -2.53. The maximum Gasteiger partial charge on any atom is 0.335 e. The van der Waals surface area contributed by atoms with Gasteiger partial charge < -0.3 is 10.4 Å². The number of sulfonamides is 1. The maximum atomic E-state index is 14.0. The average Bonchev–Trinajstić information content (AvgIpc) is 3.40. The number of amides is 3. The van der Waals surface area contributed by atoms with Gasteiger partial charge in [-0.2, -0.15) is 9.57 Å². The SMILES string of the molecule is N#Cc1ccc([C@H]2CN(S(=O)(=O)c3cccc(C(=O)O)c3)C[C@@]23NC(=O)N(c2cc(Cl)cc(Cl)c2)C3=O)cc1. The standard InChI is InChI=1S/C26H18Cl2N4O6S/c27-18-9-19(28)11-20(10-18)32-24(35)26(30-25(32)36)14-31(13-22(26)16-6-4-15(12-29)5-7-16)39(37,38)21-3-1-2-17(8-21)23(33)34/h1-11,22H,13-14H2,(H,30,36)(H,33,34)/t22-,26-/m1/s1. The second-order valence-electron chi connectivity index (χ2n) is 9.09. The summed E-state index contributed by atoms with van der Waals surface area (Å²) in [6.07, 6.45) is 0. The molecular formula is C26H18Cl2N4O6S. The zero-order chi connectivity index (χ0) is 28.1. The highest BCUT2D eigenvalue weighted by atomic mass is 35.5. The highest BCUT2D eigenvalue weighted by molar-refractivity contribution is 7.89. The van der Waals surface area contributed by atoms with E-state index in [0.717, 1.165) is 15.3 Å². The summed E-state index contributed by atoms with van der Waals surface area (Å²) >= 11 is 12.2. The summed E-state index contributed by atoms with van der Waals surface area (Å²) in [6.45, 7) is -0.631. The van der Waals surface area contributed by atoms with E-state index in [-0.39, 0.29) is 32.7 Å². The first-order chi connectivity index (χ1) is 18.5. The van der Waals surface area contributed by atoms with E-state index in [1.54, 1.807) is 12.1 Å². The van der Waals surface area contributed by atoms with Crippen LogP contribution < -0.4 is 10.2 Å². The molecule has 0 aliphatic carbocycles. The van der Waals surface area contributed by atoms with Crippen LogP contribution in [0.15, 0.2) is 71.6 Å². The van der Waals surface area contributed by atoms with E-state index in [4.69, 9.17) is 23.2 Å². The van der Waals surface area contributed by atoms with Crippen LogP contribution in [0.2, 0.25) is 10.0 Å². The van der Waals surface area contributed by atoms with Crippen molar-refractivity contribution in [3.8, 4) is 6.07 Å². The summed E-state index contributed by atoms with van der Waals surface area (Å²) in [5.41, 5.74) is -0.940. The van der Waals surface area contributed by atoms with Gasteiger partial charge in [0.05, 0.1) is 27.8 Å². The number of carbonyl (C=O) groups is 3. The van der Waals surface area contributed by atoms with Crippen LogP contribution in [-0.2, 0) is 14.8 Å². The van der Waals surface area contributed by atoms with Gasteiger partial charge in [0.1, 0.15) is 5.54 Å². The minimum Gasteiger partial charge on any atom is -0.478 e. The number of urea groups is 1. The van der Waals surface area contributed by atoms with E-state index in [0.29, 0.717) is 11.1 Å². The van der Waals surface area contributed by atoms with Crippen LogP contribution in [0, 0.1) is 11.3 Å². The molecule has 3 aromatic rings. The molecule has 3 amide bonds. The van der Waals surface area contributed by atoms with Gasteiger partial charge >= 0.3 is 12.0 Å². The van der Waals surface area contributed by atoms with Crippen molar-refractivity contribution in [1.29, 1.82) is 5.26 Å². The smallest absolute Gasteiger partial charge is 0.335 e. The van der Waals surface area contributed by atoms with Crippen LogP contribution in [0.5, 0.6) is 0 Å². The Balaban J connectivity index is 1.61. The molecule has 3 aromatic carbocycles. The van der Waals surface area contributed by atoms with E-state index in [9.17, 15) is 33.2 Å². The van der Waals surface area contributed by atoms with E-state index >= 15 is 0 Å². The van der Waals surface area contributed by atoms with Crippen LogP contribution in [-0.4, -0.2) is 54.4 Å². The van der Waals surface area contributed by atoms with Crippen molar-refractivity contribution < 1.29 is 27.9 Å².